The third-order valence-corrected chi connectivity index (χ3v) is 2.46. The molecule has 2 heteroatoms. The molecule has 2 aliphatic carbocycles. The van der Waals surface area contributed by atoms with Gasteiger partial charge in [0.1, 0.15) is 0 Å². The quantitative estimate of drug-likeness (QED) is 0.623. The zero-order chi connectivity index (χ0) is 10.2. The van der Waals surface area contributed by atoms with Crippen molar-refractivity contribution in [2.75, 3.05) is 13.1 Å². The van der Waals surface area contributed by atoms with Crippen LogP contribution >= 0.6 is 0 Å². The van der Waals surface area contributed by atoms with Gasteiger partial charge in [0.2, 0.25) is 0 Å². The Morgan fingerprint density at radius 1 is 0.714 bits per heavy atom. The summed E-state index contributed by atoms with van der Waals surface area (Å²) in [5.41, 5.74) is 13.1. The maximum Gasteiger partial charge on any atom is 0.00461 e. The van der Waals surface area contributed by atoms with Crippen molar-refractivity contribution in [3.05, 3.63) is 35.5 Å². The Balaban J connectivity index is 0.000000213. The summed E-state index contributed by atoms with van der Waals surface area (Å²) in [6.45, 7) is 1.19. The van der Waals surface area contributed by atoms with Crippen LogP contribution < -0.4 is 11.5 Å². The van der Waals surface area contributed by atoms with Crippen LogP contribution in [0.5, 0.6) is 0 Å². The minimum Gasteiger partial charge on any atom is -0.329 e. The van der Waals surface area contributed by atoms with Crippen molar-refractivity contribution in [3.63, 3.8) is 0 Å². The molecule has 0 amide bonds. The molecular formula is C12H20N2. The summed E-state index contributed by atoms with van der Waals surface area (Å²) in [6, 6.07) is 0. The van der Waals surface area contributed by atoms with E-state index in [4.69, 9.17) is 11.5 Å². The minimum atomic E-state index is 0.597. The highest BCUT2D eigenvalue weighted by molar-refractivity contribution is 5.30. The van der Waals surface area contributed by atoms with E-state index in [1.54, 1.807) is 11.1 Å². The molecule has 2 aliphatic rings. The first kappa shape index (κ1) is 11.2. The van der Waals surface area contributed by atoms with Crippen LogP contribution in [-0.2, 0) is 0 Å². The van der Waals surface area contributed by atoms with Crippen LogP contribution in [0.25, 0.3) is 0 Å². The highest BCUT2D eigenvalue weighted by Crippen LogP contribution is 2.28. The van der Waals surface area contributed by atoms with Crippen molar-refractivity contribution in [3.8, 4) is 0 Å². The minimum absolute atomic E-state index is 0.597. The molecule has 0 aromatic heterocycles. The molecule has 0 bridgehead atoms. The van der Waals surface area contributed by atoms with Gasteiger partial charge in [-0.3, -0.25) is 0 Å². The molecule has 0 aromatic carbocycles. The van der Waals surface area contributed by atoms with Crippen LogP contribution in [0.15, 0.2) is 35.5 Å². The van der Waals surface area contributed by atoms with Gasteiger partial charge in [0.05, 0.1) is 0 Å². The van der Waals surface area contributed by atoms with Crippen molar-refractivity contribution >= 4 is 0 Å². The molecule has 0 aromatic rings. The van der Waals surface area contributed by atoms with Gasteiger partial charge in [0, 0.05) is 13.1 Å². The van der Waals surface area contributed by atoms with E-state index in [-0.39, 0.29) is 0 Å². The van der Waals surface area contributed by atoms with Gasteiger partial charge in [-0.1, -0.05) is 35.5 Å². The third kappa shape index (κ3) is 3.48. The molecule has 0 aliphatic heterocycles. The van der Waals surface area contributed by atoms with Crippen LogP contribution in [0, 0.1) is 0 Å². The Bertz CT molecular complexity index is 203. The van der Waals surface area contributed by atoms with Crippen LogP contribution in [0.2, 0.25) is 0 Å². The molecule has 4 N–H and O–H groups in total. The molecule has 0 spiro atoms. The summed E-state index contributed by atoms with van der Waals surface area (Å²) in [4.78, 5) is 0. The first-order chi connectivity index (χ1) is 6.88. The Hall–Kier alpha value is -0.860. The Morgan fingerprint density at radius 2 is 1.00 bits per heavy atom. The predicted molar refractivity (Wildman–Crippen MR) is 61.9 cm³/mol. The van der Waals surface area contributed by atoms with Crippen LogP contribution in [0.4, 0.5) is 0 Å². The van der Waals surface area contributed by atoms with Gasteiger partial charge >= 0.3 is 0 Å². The second kappa shape index (κ2) is 6.57. The predicted octanol–water partition coefficient (Wildman–Crippen LogP) is 1.89. The summed E-state index contributed by atoms with van der Waals surface area (Å²) in [7, 11) is 0. The van der Waals surface area contributed by atoms with Crippen LogP contribution in [0.1, 0.15) is 25.7 Å². The van der Waals surface area contributed by atoms with Crippen LogP contribution in [0.3, 0.4) is 0 Å². The fraction of sp³-hybridized carbons (Fsp3) is 0.500. The molecule has 78 valence electrons. The number of hydrogen-bond donors (Lipinski definition) is 2. The van der Waals surface area contributed by atoms with Gasteiger partial charge in [-0.25, -0.2) is 0 Å². The fourth-order valence-corrected chi connectivity index (χ4v) is 1.65. The fourth-order valence-electron chi connectivity index (χ4n) is 1.65. The van der Waals surface area contributed by atoms with E-state index in [1.807, 2.05) is 0 Å². The van der Waals surface area contributed by atoms with Gasteiger partial charge in [0.25, 0.3) is 0 Å². The van der Waals surface area contributed by atoms with Gasteiger partial charge in [-0.05, 0) is 25.7 Å². The average Bonchev–Trinajstić information content (AvgIpc) is 2.30. The van der Waals surface area contributed by atoms with E-state index in [0.29, 0.717) is 13.1 Å². The molecule has 0 fully saturated rings. The normalized spacial score (nSPS) is 18.7. The molecule has 0 unspecified atom stereocenters. The summed E-state index contributed by atoms with van der Waals surface area (Å²) >= 11 is 0. The molecule has 0 radical (unpaired) electrons. The lowest BCUT2D eigenvalue weighted by Crippen LogP contribution is -2.11. The van der Waals surface area contributed by atoms with Crippen molar-refractivity contribution < 1.29 is 0 Å². The first-order valence-corrected chi connectivity index (χ1v) is 5.28. The lowest BCUT2D eigenvalue weighted by Gasteiger charge is -2.17. The van der Waals surface area contributed by atoms with E-state index in [0.717, 1.165) is 0 Å². The van der Waals surface area contributed by atoms with Crippen molar-refractivity contribution in [1.82, 2.24) is 0 Å². The average molecular weight is 192 g/mol. The van der Waals surface area contributed by atoms with E-state index in [2.05, 4.69) is 24.3 Å². The maximum atomic E-state index is 4.90. The summed E-state index contributed by atoms with van der Waals surface area (Å²) in [5, 5.41) is 0. The maximum absolute atomic E-state index is 4.90. The summed E-state index contributed by atoms with van der Waals surface area (Å²) in [6.07, 6.45) is 14.0. The van der Waals surface area contributed by atoms with Gasteiger partial charge in [0.15, 0.2) is 0 Å². The standard InChI is InChI=1S/C10H12.C2H8N2/c1-2-6-10-8-4-3-7-9(10)5-1;3-1-2-4/h1-4H,5-8H2;1-4H2. The molecular weight excluding hydrogens is 172 g/mol. The Morgan fingerprint density at radius 3 is 1.21 bits per heavy atom. The molecule has 0 heterocycles. The Kier molecular flexibility index (Phi) is 5.27. The molecule has 14 heavy (non-hydrogen) atoms. The van der Waals surface area contributed by atoms with Crippen LogP contribution in [-0.4, -0.2) is 13.1 Å². The number of allylic oxidation sites excluding steroid dienone is 6. The lowest BCUT2D eigenvalue weighted by molar-refractivity contribution is 0.917. The summed E-state index contributed by atoms with van der Waals surface area (Å²) < 4.78 is 0. The van der Waals surface area contributed by atoms with E-state index in [1.165, 1.54) is 25.7 Å². The largest absolute Gasteiger partial charge is 0.329 e. The van der Waals surface area contributed by atoms with Gasteiger partial charge < -0.3 is 11.5 Å². The smallest absolute Gasteiger partial charge is 0.00461 e. The van der Waals surface area contributed by atoms with E-state index < -0.39 is 0 Å². The highest BCUT2D eigenvalue weighted by Gasteiger charge is 2.08. The summed E-state index contributed by atoms with van der Waals surface area (Å²) in [5.74, 6) is 0. The van der Waals surface area contributed by atoms with E-state index >= 15 is 0 Å². The second-order valence-electron chi connectivity index (χ2n) is 3.54. The van der Waals surface area contributed by atoms with E-state index in [9.17, 15) is 0 Å². The molecule has 2 rings (SSSR count). The van der Waals surface area contributed by atoms with Gasteiger partial charge in [-0.15, -0.1) is 0 Å². The van der Waals surface area contributed by atoms with Crippen molar-refractivity contribution in [2.24, 2.45) is 11.5 Å². The monoisotopic (exact) mass is 192 g/mol. The first-order valence-electron chi connectivity index (χ1n) is 5.28. The van der Waals surface area contributed by atoms with Crippen molar-refractivity contribution in [2.45, 2.75) is 25.7 Å². The number of nitrogens with two attached hydrogens (primary N) is 2. The van der Waals surface area contributed by atoms with Crippen molar-refractivity contribution in [1.29, 1.82) is 0 Å². The molecule has 2 nitrogen and oxygen atoms in total. The third-order valence-electron chi connectivity index (χ3n) is 2.46. The SMILES string of the molecule is C1=CCC2=C(C1)CC=CC2.NCCN. The van der Waals surface area contributed by atoms with Gasteiger partial charge in [-0.2, -0.15) is 0 Å². The second-order valence-corrected chi connectivity index (χ2v) is 3.54. The molecule has 0 atom stereocenters. The highest BCUT2D eigenvalue weighted by atomic mass is 14.6. The number of hydrogen-bond acceptors (Lipinski definition) is 2. The molecule has 0 saturated heterocycles. The topological polar surface area (TPSA) is 52.0 Å². The molecule has 0 saturated carbocycles. The number of rotatable bonds is 1. The Labute approximate surface area is 86.4 Å². The lowest BCUT2D eigenvalue weighted by atomic mass is 9.89. The zero-order valence-corrected chi connectivity index (χ0v) is 8.71. The zero-order valence-electron chi connectivity index (χ0n) is 8.71.